The third-order valence-corrected chi connectivity index (χ3v) is 5.65. The number of esters is 1. The Morgan fingerprint density at radius 2 is 1.93 bits per heavy atom. The largest absolute Gasteiger partial charge is 0.481 e. The summed E-state index contributed by atoms with van der Waals surface area (Å²) < 4.78 is 21.0. The van der Waals surface area contributed by atoms with Gasteiger partial charge in [-0.05, 0) is 50.7 Å². The summed E-state index contributed by atoms with van der Waals surface area (Å²) in [6, 6.07) is 5.05. The van der Waals surface area contributed by atoms with Gasteiger partial charge >= 0.3 is 5.97 Å². The zero-order valence-corrected chi connectivity index (χ0v) is 18.4. The van der Waals surface area contributed by atoms with E-state index in [4.69, 9.17) is 31.2 Å². The molecule has 2 aromatic rings. The summed E-state index contributed by atoms with van der Waals surface area (Å²) in [6.45, 7) is 5.48. The second-order valence-corrected chi connectivity index (χ2v) is 7.96. The van der Waals surface area contributed by atoms with Gasteiger partial charge in [0, 0.05) is 10.9 Å². The minimum absolute atomic E-state index is 0.116. The number of thiocarbonyl (C=S) groups is 1. The number of ether oxygens (including phenoxy) is 4. The van der Waals surface area contributed by atoms with E-state index in [1.54, 1.807) is 25.1 Å². The molecule has 0 saturated heterocycles. The van der Waals surface area contributed by atoms with E-state index in [2.05, 4.69) is 16.2 Å². The number of anilines is 1. The van der Waals surface area contributed by atoms with Crippen LogP contribution >= 0.6 is 23.6 Å². The van der Waals surface area contributed by atoms with Gasteiger partial charge in [0.15, 0.2) is 22.7 Å². The number of carbonyl (C=O) groups excluding carboxylic acids is 2. The van der Waals surface area contributed by atoms with E-state index in [-0.39, 0.29) is 11.9 Å². The monoisotopic (exact) mass is 451 g/mol. The quantitative estimate of drug-likeness (QED) is 0.359. The number of methoxy groups -OCH3 is 1. The maximum Gasteiger partial charge on any atom is 0.341 e. The van der Waals surface area contributed by atoms with E-state index in [1.807, 2.05) is 13.8 Å². The van der Waals surface area contributed by atoms with Crippen LogP contribution in [-0.4, -0.2) is 37.0 Å². The third-order valence-electron chi connectivity index (χ3n) is 4.33. The van der Waals surface area contributed by atoms with Crippen LogP contribution in [-0.2, 0) is 9.53 Å². The lowest BCUT2D eigenvalue weighted by molar-refractivity contribution is -0.127. The number of carbonyl (C=O) groups is 2. The summed E-state index contributed by atoms with van der Waals surface area (Å²) in [7, 11) is 1.32. The average molecular weight is 452 g/mol. The smallest absolute Gasteiger partial charge is 0.341 e. The molecule has 9 nitrogen and oxygen atoms in total. The Bertz CT molecular complexity index is 991. The van der Waals surface area contributed by atoms with E-state index < -0.39 is 18.0 Å². The number of rotatable bonds is 5. The Balaban J connectivity index is 1.54. The van der Waals surface area contributed by atoms with E-state index in [1.165, 1.54) is 18.4 Å². The summed E-state index contributed by atoms with van der Waals surface area (Å²) in [5.41, 5.74) is 6.30. The third kappa shape index (κ3) is 4.74. The molecular weight excluding hydrogens is 430 g/mol. The van der Waals surface area contributed by atoms with Crippen molar-refractivity contribution in [3.8, 4) is 17.2 Å². The van der Waals surface area contributed by atoms with Gasteiger partial charge in [-0.2, -0.15) is 0 Å². The van der Waals surface area contributed by atoms with Crippen LogP contribution in [0.2, 0.25) is 0 Å². The van der Waals surface area contributed by atoms with Crippen LogP contribution in [0.25, 0.3) is 0 Å². The molecule has 0 radical (unpaired) electrons. The number of amides is 1. The van der Waals surface area contributed by atoms with Crippen LogP contribution in [0.5, 0.6) is 17.2 Å². The molecule has 0 aliphatic carbocycles. The number of hydrogen-bond donors (Lipinski definition) is 3. The Labute approximate surface area is 182 Å². The van der Waals surface area contributed by atoms with Crippen molar-refractivity contribution in [3.05, 3.63) is 34.2 Å². The molecule has 1 aliphatic heterocycles. The van der Waals surface area contributed by atoms with Gasteiger partial charge in [0.1, 0.15) is 10.8 Å². The minimum atomic E-state index is -0.808. The first kappa shape index (κ1) is 21.7. The molecular formula is C19H21N3O6S2. The first-order valence-electron chi connectivity index (χ1n) is 8.91. The zero-order valence-electron chi connectivity index (χ0n) is 16.8. The maximum atomic E-state index is 12.3. The van der Waals surface area contributed by atoms with Gasteiger partial charge in [0.2, 0.25) is 6.79 Å². The first-order valence-corrected chi connectivity index (χ1v) is 10.1. The van der Waals surface area contributed by atoms with E-state index in [9.17, 15) is 9.59 Å². The lowest BCUT2D eigenvalue weighted by atomic mass is 10.1. The van der Waals surface area contributed by atoms with Crippen molar-refractivity contribution >= 4 is 45.5 Å². The number of hydrogen-bond acceptors (Lipinski definition) is 8. The van der Waals surface area contributed by atoms with Crippen LogP contribution in [0, 0.1) is 13.8 Å². The first-order chi connectivity index (χ1) is 14.3. The SMILES string of the molecule is COC(=O)c1c(NC(=S)NNC(=O)[C@@H](C)Oc2ccc3c(c2)OCO3)sc(C)c1C. The molecule has 0 fully saturated rings. The van der Waals surface area contributed by atoms with Crippen LogP contribution in [0.15, 0.2) is 18.2 Å². The number of fused-ring (bicyclic) bond motifs is 1. The number of nitrogens with one attached hydrogen (secondary N) is 3. The Hall–Kier alpha value is -3.05. The number of aryl methyl sites for hydroxylation is 1. The van der Waals surface area contributed by atoms with Gasteiger partial charge < -0.3 is 24.3 Å². The predicted octanol–water partition coefficient (Wildman–Crippen LogP) is 2.67. The predicted molar refractivity (Wildman–Crippen MR) is 115 cm³/mol. The molecule has 11 heteroatoms. The average Bonchev–Trinajstić information content (AvgIpc) is 3.29. The Morgan fingerprint density at radius 3 is 2.67 bits per heavy atom. The molecule has 1 aliphatic rings. The molecule has 1 amide bonds. The molecule has 0 saturated carbocycles. The van der Waals surface area contributed by atoms with E-state index >= 15 is 0 Å². The van der Waals surface area contributed by atoms with E-state index in [0.717, 1.165) is 10.4 Å². The lowest BCUT2D eigenvalue weighted by Gasteiger charge is -2.16. The number of benzene rings is 1. The maximum absolute atomic E-state index is 12.3. The molecule has 30 heavy (non-hydrogen) atoms. The molecule has 160 valence electrons. The molecule has 1 atom stereocenters. The fraction of sp³-hybridized carbons (Fsp3) is 0.316. The fourth-order valence-corrected chi connectivity index (χ4v) is 3.90. The lowest BCUT2D eigenvalue weighted by Crippen LogP contribution is -2.48. The van der Waals surface area contributed by atoms with Crippen LogP contribution in [0.4, 0.5) is 5.00 Å². The summed E-state index contributed by atoms with van der Waals surface area (Å²) in [6.07, 6.45) is -0.808. The Kier molecular flexibility index (Phi) is 6.63. The summed E-state index contributed by atoms with van der Waals surface area (Å²) in [5.74, 6) is 0.754. The molecule has 0 spiro atoms. The molecule has 0 bridgehead atoms. The molecule has 2 heterocycles. The van der Waals surface area contributed by atoms with Crippen molar-refractivity contribution in [2.24, 2.45) is 0 Å². The highest BCUT2D eigenvalue weighted by molar-refractivity contribution is 7.80. The van der Waals surface area contributed by atoms with Crippen LogP contribution < -0.4 is 30.4 Å². The molecule has 1 aromatic carbocycles. The number of hydrazine groups is 1. The van der Waals surface area contributed by atoms with Crippen LogP contribution in [0.3, 0.4) is 0 Å². The zero-order chi connectivity index (χ0) is 21.8. The highest BCUT2D eigenvalue weighted by atomic mass is 32.1. The van der Waals surface area contributed by atoms with Crippen molar-refractivity contribution in [1.82, 2.24) is 10.9 Å². The topological polar surface area (TPSA) is 107 Å². The van der Waals surface area contributed by atoms with Crippen molar-refractivity contribution < 1.29 is 28.5 Å². The molecule has 3 N–H and O–H groups in total. The van der Waals surface area contributed by atoms with E-state index in [0.29, 0.717) is 27.8 Å². The van der Waals surface area contributed by atoms with Gasteiger partial charge in [-0.3, -0.25) is 15.6 Å². The molecule has 3 rings (SSSR count). The Morgan fingerprint density at radius 1 is 1.20 bits per heavy atom. The normalized spacial score (nSPS) is 12.7. The fourth-order valence-electron chi connectivity index (χ4n) is 2.63. The van der Waals surface area contributed by atoms with Gasteiger partial charge in [0.05, 0.1) is 12.7 Å². The van der Waals surface area contributed by atoms with Crippen molar-refractivity contribution in [3.63, 3.8) is 0 Å². The summed E-state index contributed by atoms with van der Waals surface area (Å²) >= 11 is 6.57. The second-order valence-electron chi connectivity index (χ2n) is 6.32. The van der Waals surface area contributed by atoms with Crippen molar-refractivity contribution in [2.75, 3.05) is 19.2 Å². The van der Waals surface area contributed by atoms with Crippen LogP contribution in [0.1, 0.15) is 27.7 Å². The summed E-state index contributed by atoms with van der Waals surface area (Å²) in [5, 5.41) is 3.56. The number of thiophene rings is 1. The van der Waals surface area contributed by atoms with Gasteiger partial charge in [-0.15, -0.1) is 11.3 Å². The van der Waals surface area contributed by atoms with Gasteiger partial charge in [-0.25, -0.2) is 4.79 Å². The highest BCUT2D eigenvalue weighted by Crippen LogP contribution is 2.35. The minimum Gasteiger partial charge on any atom is -0.481 e. The molecule has 0 unspecified atom stereocenters. The molecule has 1 aromatic heterocycles. The van der Waals surface area contributed by atoms with Crippen molar-refractivity contribution in [2.45, 2.75) is 26.9 Å². The van der Waals surface area contributed by atoms with Crippen molar-refractivity contribution in [1.29, 1.82) is 0 Å². The van der Waals surface area contributed by atoms with Gasteiger partial charge in [0.25, 0.3) is 5.91 Å². The summed E-state index contributed by atoms with van der Waals surface area (Å²) in [4.78, 5) is 25.3. The standard InChI is InChI=1S/C19H21N3O6S2/c1-9-11(3)30-17(15(9)18(24)25-4)20-19(29)22-21-16(23)10(2)28-12-5-6-13-14(7-12)27-8-26-13/h5-7,10H,8H2,1-4H3,(H,21,23)(H2,20,22,29)/t10-/m1/s1. The second kappa shape index (κ2) is 9.18. The highest BCUT2D eigenvalue weighted by Gasteiger charge is 2.22. The van der Waals surface area contributed by atoms with Gasteiger partial charge in [-0.1, -0.05) is 0 Å².